The summed E-state index contributed by atoms with van der Waals surface area (Å²) >= 11 is 0. The standard InChI is InChI=1S/C17H31N3/c1-14(18)17-13-19-15(2)20(17)16-11-9-7-5-3-4-6-8-10-12-16/h7,9,11,14-15,17,19H,3-6,8,10,12-13,18H2,1-2H3/b9-7-,16-11-. The first-order chi connectivity index (χ1) is 9.70. The minimum absolute atomic E-state index is 0.204. The topological polar surface area (TPSA) is 41.3 Å². The van der Waals surface area contributed by atoms with Crippen LogP contribution in [0.2, 0.25) is 0 Å². The normalized spacial score (nSPS) is 35.0. The van der Waals surface area contributed by atoms with Gasteiger partial charge in [0.05, 0.1) is 12.2 Å². The van der Waals surface area contributed by atoms with Gasteiger partial charge in [-0.3, -0.25) is 5.32 Å². The van der Waals surface area contributed by atoms with E-state index in [9.17, 15) is 0 Å². The largest absolute Gasteiger partial charge is 0.354 e. The van der Waals surface area contributed by atoms with E-state index in [0.717, 1.165) is 6.54 Å². The Morgan fingerprint density at radius 3 is 2.80 bits per heavy atom. The Labute approximate surface area is 124 Å². The summed E-state index contributed by atoms with van der Waals surface area (Å²) in [6, 6.07) is 0.630. The molecule has 1 aliphatic carbocycles. The van der Waals surface area contributed by atoms with Crippen molar-refractivity contribution in [1.29, 1.82) is 0 Å². The van der Waals surface area contributed by atoms with Crippen molar-refractivity contribution in [1.82, 2.24) is 10.2 Å². The second kappa shape index (κ2) is 7.84. The molecule has 0 spiro atoms. The van der Waals surface area contributed by atoms with Gasteiger partial charge in [0, 0.05) is 18.3 Å². The van der Waals surface area contributed by atoms with Crippen LogP contribution in [0.5, 0.6) is 0 Å². The monoisotopic (exact) mass is 277 g/mol. The number of hydrogen-bond acceptors (Lipinski definition) is 3. The molecule has 1 heterocycles. The van der Waals surface area contributed by atoms with Crippen LogP contribution in [0.3, 0.4) is 0 Å². The second-order valence-electron chi connectivity index (χ2n) is 6.31. The van der Waals surface area contributed by atoms with Crippen LogP contribution < -0.4 is 11.1 Å². The first-order valence-corrected chi connectivity index (χ1v) is 8.33. The van der Waals surface area contributed by atoms with Crippen molar-refractivity contribution < 1.29 is 0 Å². The van der Waals surface area contributed by atoms with Crippen molar-refractivity contribution in [2.75, 3.05) is 6.54 Å². The zero-order chi connectivity index (χ0) is 14.4. The molecule has 0 bridgehead atoms. The van der Waals surface area contributed by atoms with E-state index in [1.54, 1.807) is 0 Å². The molecular formula is C17H31N3. The number of hydrogen-bond donors (Lipinski definition) is 2. The molecule has 3 N–H and O–H groups in total. The van der Waals surface area contributed by atoms with Crippen molar-refractivity contribution in [2.24, 2.45) is 5.73 Å². The highest BCUT2D eigenvalue weighted by atomic mass is 15.4. The van der Waals surface area contributed by atoms with Gasteiger partial charge in [0.2, 0.25) is 0 Å². The van der Waals surface area contributed by atoms with E-state index in [2.05, 4.69) is 42.3 Å². The molecule has 20 heavy (non-hydrogen) atoms. The fraction of sp³-hybridized carbons (Fsp3) is 0.765. The molecule has 3 unspecified atom stereocenters. The van der Waals surface area contributed by atoms with Gasteiger partial charge < -0.3 is 10.6 Å². The summed E-state index contributed by atoms with van der Waals surface area (Å²) in [6.07, 6.45) is 16.4. The van der Waals surface area contributed by atoms with Gasteiger partial charge in [0.15, 0.2) is 0 Å². The second-order valence-corrected chi connectivity index (χ2v) is 6.31. The lowest BCUT2D eigenvalue weighted by atomic mass is 10.1. The van der Waals surface area contributed by atoms with Crippen LogP contribution in [0.15, 0.2) is 23.9 Å². The van der Waals surface area contributed by atoms with Gasteiger partial charge in [-0.05, 0) is 45.6 Å². The Morgan fingerprint density at radius 1 is 1.25 bits per heavy atom. The molecule has 2 aliphatic rings. The van der Waals surface area contributed by atoms with Crippen molar-refractivity contribution in [3.63, 3.8) is 0 Å². The molecule has 2 rings (SSSR count). The quantitative estimate of drug-likeness (QED) is 0.815. The minimum atomic E-state index is 0.204. The number of nitrogens with two attached hydrogens (primary N) is 1. The molecule has 0 radical (unpaired) electrons. The van der Waals surface area contributed by atoms with Crippen LogP contribution in [-0.2, 0) is 0 Å². The molecular weight excluding hydrogens is 246 g/mol. The molecule has 0 aromatic heterocycles. The van der Waals surface area contributed by atoms with Crippen molar-refractivity contribution in [3.05, 3.63) is 23.9 Å². The summed E-state index contributed by atoms with van der Waals surface area (Å²) in [7, 11) is 0. The van der Waals surface area contributed by atoms with E-state index in [0.29, 0.717) is 12.2 Å². The van der Waals surface area contributed by atoms with Gasteiger partial charge >= 0.3 is 0 Å². The third-order valence-corrected chi connectivity index (χ3v) is 4.56. The highest BCUT2D eigenvalue weighted by Gasteiger charge is 2.33. The maximum Gasteiger partial charge on any atom is 0.0769 e. The van der Waals surface area contributed by atoms with Gasteiger partial charge in [-0.15, -0.1) is 0 Å². The Morgan fingerprint density at radius 2 is 2.00 bits per heavy atom. The summed E-state index contributed by atoms with van der Waals surface area (Å²) < 4.78 is 0. The molecule has 3 atom stereocenters. The Bertz CT molecular complexity index is 346. The zero-order valence-electron chi connectivity index (χ0n) is 13.1. The highest BCUT2D eigenvalue weighted by Crippen LogP contribution is 2.25. The number of allylic oxidation sites excluding steroid dienone is 4. The Balaban J connectivity index is 2.12. The molecule has 3 heteroatoms. The molecule has 0 amide bonds. The van der Waals surface area contributed by atoms with Crippen molar-refractivity contribution in [3.8, 4) is 0 Å². The van der Waals surface area contributed by atoms with E-state index >= 15 is 0 Å². The van der Waals surface area contributed by atoms with Gasteiger partial charge in [-0.1, -0.05) is 31.4 Å². The van der Waals surface area contributed by atoms with E-state index in [1.165, 1.54) is 50.6 Å². The smallest absolute Gasteiger partial charge is 0.0769 e. The van der Waals surface area contributed by atoms with Crippen LogP contribution in [0.4, 0.5) is 0 Å². The van der Waals surface area contributed by atoms with Crippen LogP contribution in [0.1, 0.15) is 58.8 Å². The zero-order valence-corrected chi connectivity index (χ0v) is 13.1. The number of nitrogens with zero attached hydrogens (tertiary/aromatic N) is 1. The van der Waals surface area contributed by atoms with Crippen LogP contribution in [-0.4, -0.2) is 29.7 Å². The highest BCUT2D eigenvalue weighted by molar-refractivity contribution is 5.16. The van der Waals surface area contributed by atoms with Crippen LogP contribution in [0, 0.1) is 0 Å². The fourth-order valence-electron chi connectivity index (χ4n) is 3.35. The van der Waals surface area contributed by atoms with Gasteiger partial charge in [0.25, 0.3) is 0 Å². The molecule has 1 aliphatic heterocycles. The fourth-order valence-corrected chi connectivity index (χ4v) is 3.35. The first kappa shape index (κ1) is 15.6. The summed E-state index contributed by atoms with van der Waals surface area (Å²) in [4.78, 5) is 2.52. The average molecular weight is 277 g/mol. The molecule has 114 valence electrons. The van der Waals surface area contributed by atoms with E-state index < -0.39 is 0 Å². The van der Waals surface area contributed by atoms with Crippen molar-refractivity contribution in [2.45, 2.75) is 77.0 Å². The SMILES string of the molecule is CC(N)C1CNC(C)N1/C1=C\C=C/CCCCCCC1. The van der Waals surface area contributed by atoms with Gasteiger partial charge in [-0.25, -0.2) is 0 Å². The lowest BCUT2D eigenvalue weighted by molar-refractivity contribution is 0.230. The predicted molar refractivity (Wildman–Crippen MR) is 86.3 cm³/mol. The predicted octanol–water partition coefficient (Wildman–Crippen LogP) is 3.14. The summed E-state index contributed by atoms with van der Waals surface area (Å²) in [5.74, 6) is 0. The van der Waals surface area contributed by atoms with Crippen molar-refractivity contribution >= 4 is 0 Å². The molecule has 0 saturated carbocycles. The molecule has 1 fully saturated rings. The van der Waals surface area contributed by atoms with E-state index in [1.807, 2.05) is 0 Å². The Kier molecular flexibility index (Phi) is 6.11. The lowest BCUT2D eigenvalue weighted by Gasteiger charge is -2.34. The number of rotatable bonds is 2. The summed E-state index contributed by atoms with van der Waals surface area (Å²) in [6.45, 7) is 5.37. The molecule has 3 nitrogen and oxygen atoms in total. The molecule has 0 aromatic carbocycles. The summed E-state index contributed by atoms with van der Waals surface area (Å²) in [5, 5.41) is 3.56. The van der Waals surface area contributed by atoms with Crippen LogP contribution in [0.25, 0.3) is 0 Å². The first-order valence-electron chi connectivity index (χ1n) is 8.33. The maximum absolute atomic E-state index is 6.18. The van der Waals surface area contributed by atoms with Gasteiger partial charge in [-0.2, -0.15) is 0 Å². The maximum atomic E-state index is 6.18. The molecule has 1 saturated heterocycles. The lowest BCUT2D eigenvalue weighted by Crippen LogP contribution is -2.45. The minimum Gasteiger partial charge on any atom is -0.354 e. The third kappa shape index (κ3) is 4.10. The Hall–Kier alpha value is -0.800. The molecule has 0 aromatic rings. The van der Waals surface area contributed by atoms with E-state index in [4.69, 9.17) is 5.73 Å². The van der Waals surface area contributed by atoms with Crippen LogP contribution >= 0.6 is 0 Å². The van der Waals surface area contributed by atoms with E-state index in [-0.39, 0.29) is 6.04 Å². The van der Waals surface area contributed by atoms with Gasteiger partial charge in [0.1, 0.15) is 0 Å². The summed E-state index contributed by atoms with van der Waals surface area (Å²) in [5.41, 5.74) is 7.64. The third-order valence-electron chi connectivity index (χ3n) is 4.56. The number of nitrogens with one attached hydrogen (secondary N) is 1. The average Bonchev–Trinajstić information content (AvgIpc) is 2.77.